The molecule has 0 unspecified atom stereocenters. The number of amides is 2. The zero-order valence-electron chi connectivity index (χ0n) is 23.0. The molecule has 0 atom stereocenters. The van der Waals surface area contributed by atoms with Crippen LogP contribution in [-0.2, 0) is 41.4 Å². The predicted molar refractivity (Wildman–Crippen MR) is 153 cm³/mol. The van der Waals surface area contributed by atoms with Gasteiger partial charge in [0, 0.05) is 55.6 Å². The van der Waals surface area contributed by atoms with Gasteiger partial charge in [-0.15, -0.1) is 0 Å². The van der Waals surface area contributed by atoms with E-state index in [-0.39, 0.29) is 17.6 Å². The Morgan fingerprint density at radius 3 is 1.51 bits per heavy atom. The molecule has 218 valence electrons. The van der Waals surface area contributed by atoms with E-state index in [1.165, 1.54) is 29.6 Å². The van der Waals surface area contributed by atoms with Crippen molar-refractivity contribution in [3.63, 3.8) is 0 Å². The van der Waals surface area contributed by atoms with Crippen LogP contribution >= 0.6 is 0 Å². The Kier molecular flexibility index (Phi) is 6.52. The molecule has 4 aliphatic rings. The molecule has 0 saturated heterocycles. The summed E-state index contributed by atoms with van der Waals surface area (Å²) in [4.78, 5) is 35.1. The van der Waals surface area contributed by atoms with Gasteiger partial charge in [-0.1, -0.05) is 0 Å². The maximum absolute atomic E-state index is 13.3. The Balaban J connectivity index is 0.000000141. The third kappa shape index (κ3) is 4.94. The Morgan fingerprint density at radius 2 is 1.02 bits per heavy atom. The van der Waals surface area contributed by atoms with Gasteiger partial charge in [-0.2, -0.15) is 13.2 Å². The van der Waals surface area contributed by atoms with Crippen LogP contribution in [0.4, 0.5) is 28.9 Å². The van der Waals surface area contributed by atoms with Gasteiger partial charge in [0.15, 0.2) is 0 Å². The Labute approximate surface area is 245 Å². The molecule has 43 heavy (non-hydrogen) atoms. The molecule has 0 N–H and O–H groups in total. The molecule has 0 radical (unpaired) electrons. The fourth-order valence-electron chi connectivity index (χ4n) is 6.57. The second-order valence-corrected chi connectivity index (χ2v) is 11.2. The molecule has 0 aliphatic carbocycles. The fourth-order valence-corrected chi connectivity index (χ4v) is 6.57. The molecule has 0 spiro atoms. The van der Waals surface area contributed by atoms with Gasteiger partial charge in [-0.05, 0) is 95.5 Å². The number of hydrogen-bond donors (Lipinski definition) is 0. The van der Waals surface area contributed by atoms with Crippen LogP contribution in [0.3, 0.4) is 0 Å². The third-order valence-corrected chi connectivity index (χ3v) is 8.54. The van der Waals surface area contributed by atoms with Crippen LogP contribution in [0.25, 0.3) is 22.3 Å². The van der Waals surface area contributed by atoms with Crippen LogP contribution < -0.4 is 9.80 Å². The summed E-state index contributed by atoms with van der Waals surface area (Å²) in [6.45, 7) is 1.43. The summed E-state index contributed by atoms with van der Waals surface area (Å²) in [5.41, 5.74) is 8.72. The fraction of sp³-hybridized carbons (Fsp3) is 0.273. The molecule has 0 saturated carbocycles. The molecule has 4 aliphatic heterocycles. The predicted octanol–water partition coefficient (Wildman–Crippen LogP) is 6.33. The van der Waals surface area contributed by atoms with E-state index in [9.17, 15) is 27.2 Å². The van der Waals surface area contributed by atoms with E-state index in [1.54, 1.807) is 11.1 Å². The number of aryl methyl sites for hydroxylation is 2. The summed E-state index contributed by atoms with van der Waals surface area (Å²) in [6, 6.07) is 10.5. The van der Waals surface area contributed by atoms with Crippen molar-refractivity contribution >= 4 is 23.2 Å². The highest BCUT2D eigenvalue weighted by Crippen LogP contribution is 2.41. The van der Waals surface area contributed by atoms with Crippen molar-refractivity contribution < 1.29 is 27.2 Å². The molecular weight excluding hydrogens is 560 g/mol. The first-order valence-corrected chi connectivity index (χ1v) is 14.2. The molecular formula is C33H26F4N4O2. The molecule has 0 bridgehead atoms. The largest absolute Gasteiger partial charge is 0.417 e. The number of carbonyl (C=O) groups is 2. The van der Waals surface area contributed by atoms with Crippen molar-refractivity contribution in [1.29, 1.82) is 0 Å². The molecule has 6 nitrogen and oxygen atoms in total. The van der Waals surface area contributed by atoms with Gasteiger partial charge < -0.3 is 9.80 Å². The van der Waals surface area contributed by atoms with Gasteiger partial charge in [0.25, 0.3) is 0 Å². The number of alkyl halides is 3. The third-order valence-electron chi connectivity index (χ3n) is 8.54. The van der Waals surface area contributed by atoms with Crippen LogP contribution in [0, 0.1) is 5.82 Å². The first-order chi connectivity index (χ1) is 20.7. The van der Waals surface area contributed by atoms with Crippen molar-refractivity contribution in [3.05, 3.63) is 94.8 Å². The lowest BCUT2D eigenvalue weighted by molar-refractivity contribution is -0.137. The van der Waals surface area contributed by atoms with Crippen LogP contribution in [0.2, 0.25) is 0 Å². The number of nitrogens with zero attached hydrogens (tertiary/aromatic N) is 4. The number of pyridine rings is 2. The second-order valence-electron chi connectivity index (χ2n) is 11.2. The van der Waals surface area contributed by atoms with E-state index in [0.29, 0.717) is 31.4 Å². The maximum Gasteiger partial charge on any atom is 0.417 e. The number of halogens is 4. The van der Waals surface area contributed by atoms with E-state index in [0.717, 1.165) is 77.3 Å². The normalized spacial score (nSPS) is 16.6. The summed E-state index contributed by atoms with van der Waals surface area (Å²) in [5.74, 6) is 0.0228. The van der Waals surface area contributed by atoms with Crippen molar-refractivity contribution in [2.45, 2.75) is 44.7 Å². The van der Waals surface area contributed by atoms with E-state index in [2.05, 4.69) is 22.1 Å². The molecule has 4 aromatic rings. The topological polar surface area (TPSA) is 66.4 Å². The smallest absolute Gasteiger partial charge is 0.312 e. The van der Waals surface area contributed by atoms with Crippen molar-refractivity contribution in [3.8, 4) is 22.3 Å². The minimum atomic E-state index is -4.41. The Morgan fingerprint density at radius 1 is 0.558 bits per heavy atom. The number of hydrogen-bond acceptors (Lipinski definition) is 4. The maximum atomic E-state index is 13.3. The summed E-state index contributed by atoms with van der Waals surface area (Å²) >= 11 is 0. The van der Waals surface area contributed by atoms with Gasteiger partial charge in [0.2, 0.25) is 11.8 Å². The van der Waals surface area contributed by atoms with Crippen molar-refractivity contribution in [1.82, 2.24) is 9.97 Å². The quantitative estimate of drug-likeness (QED) is 0.258. The number of aromatic nitrogens is 2. The molecule has 0 fully saturated rings. The Bertz CT molecular complexity index is 1800. The molecule has 2 aromatic heterocycles. The minimum Gasteiger partial charge on any atom is -0.312 e. The summed E-state index contributed by atoms with van der Waals surface area (Å²) < 4.78 is 51.9. The molecule has 8 rings (SSSR count). The zero-order chi connectivity index (χ0) is 29.9. The van der Waals surface area contributed by atoms with Gasteiger partial charge in [0.05, 0.1) is 23.1 Å². The van der Waals surface area contributed by atoms with Crippen molar-refractivity contribution in [2.75, 3.05) is 22.9 Å². The highest BCUT2D eigenvalue weighted by Gasteiger charge is 2.34. The first kappa shape index (κ1) is 27.2. The highest BCUT2D eigenvalue weighted by atomic mass is 19.4. The van der Waals surface area contributed by atoms with Crippen LogP contribution in [0.5, 0.6) is 0 Å². The zero-order valence-corrected chi connectivity index (χ0v) is 23.0. The standard InChI is InChI=1S/C17H13F3N2O.C16H13FN2O/c18-17(19,20)14-7-13(8-21-9-14)12-5-10-1-2-15(23)22-4-3-11(6-12)16(10)22;17-14-7-13(8-18-9-14)12-5-10-1-2-15(20)19-4-3-11(6-12)16(10)19/h5-9H,1-4H2;5-9H,1-4H2. The average molecular weight is 587 g/mol. The second kappa shape index (κ2) is 10.3. The molecule has 6 heterocycles. The number of anilines is 2. The van der Waals surface area contributed by atoms with Gasteiger partial charge in [-0.3, -0.25) is 19.6 Å². The lowest BCUT2D eigenvalue weighted by Crippen LogP contribution is -2.32. The van der Waals surface area contributed by atoms with Gasteiger partial charge in [-0.25, -0.2) is 4.39 Å². The summed E-state index contributed by atoms with van der Waals surface area (Å²) in [5, 5.41) is 0. The summed E-state index contributed by atoms with van der Waals surface area (Å²) in [6.07, 6.45) is 4.82. The van der Waals surface area contributed by atoms with Gasteiger partial charge in [0.1, 0.15) is 5.82 Å². The van der Waals surface area contributed by atoms with Crippen LogP contribution in [0.1, 0.15) is 40.7 Å². The first-order valence-electron chi connectivity index (χ1n) is 14.2. The van der Waals surface area contributed by atoms with E-state index < -0.39 is 11.7 Å². The lowest BCUT2D eigenvalue weighted by Gasteiger charge is -2.25. The summed E-state index contributed by atoms with van der Waals surface area (Å²) in [7, 11) is 0. The van der Waals surface area contributed by atoms with Crippen LogP contribution in [-0.4, -0.2) is 34.9 Å². The Hall–Kier alpha value is -4.60. The monoisotopic (exact) mass is 586 g/mol. The average Bonchev–Trinajstić information content (AvgIpc) is 3.63. The van der Waals surface area contributed by atoms with E-state index >= 15 is 0 Å². The minimum absolute atomic E-state index is 0.129. The number of benzene rings is 2. The van der Waals surface area contributed by atoms with Crippen LogP contribution in [0.15, 0.2) is 61.2 Å². The van der Waals surface area contributed by atoms with E-state index in [4.69, 9.17) is 0 Å². The highest BCUT2D eigenvalue weighted by molar-refractivity contribution is 6.00. The van der Waals surface area contributed by atoms with Gasteiger partial charge >= 0.3 is 6.18 Å². The number of carbonyl (C=O) groups excluding carboxylic acids is 2. The lowest BCUT2D eigenvalue weighted by atomic mass is 9.94. The van der Waals surface area contributed by atoms with Crippen molar-refractivity contribution in [2.24, 2.45) is 0 Å². The number of rotatable bonds is 2. The molecule has 2 amide bonds. The molecule has 2 aromatic carbocycles. The SMILES string of the molecule is O=C1CCc2cc(-c3cncc(C(F)(F)F)c3)cc3c2N1CC3.O=C1CCc2cc(-c3cncc(F)c3)cc3c2N1CC3. The molecule has 10 heteroatoms. The van der Waals surface area contributed by atoms with E-state index in [1.807, 2.05) is 17.0 Å².